The van der Waals surface area contributed by atoms with Crippen molar-refractivity contribution in [2.24, 2.45) is 0 Å². The predicted octanol–water partition coefficient (Wildman–Crippen LogP) is 0.850. The van der Waals surface area contributed by atoms with Gasteiger partial charge in [-0.3, -0.25) is 4.90 Å². The summed E-state index contributed by atoms with van der Waals surface area (Å²) in [6.07, 6.45) is 6.77. The Morgan fingerprint density at radius 1 is 1.82 bits per heavy atom. The van der Waals surface area contributed by atoms with Gasteiger partial charge in [0.15, 0.2) is 0 Å². The summed E-state index contributed by atoms with van der Waals surface area (Å²) in [7, 11) is 1.37. The van der Waals surface area contributed by atoms with Gasteiger partial charge >= 0.3 is 6.09 Å². The molecule has 3 nitrogen and oxygen atoms in total. The SMILES string of the molecule is C#C[C@H]1CCCN1C(=O)OC. The van der Waals surface area contributed by atoms with E-state index in [1.54, 1.807) is 4.90 Å². The smallest absolute Gasteiger partial charge is 0.410 e. The van der Waals surface area contributed by atoms with Gasteiger partial charge in [-0.05, 0) is 12.8 Å². The highest BCUT2D eigenvalue weighted by molar-refractivity contribution is 5.68. The molecule has 0 aromatic heterocycles. The monoisotopic (exact) mass is 153 g/mol. The lowest BCUT2D eigenvalue weighted by molar-refractivity contribution is 0.126. The van der Waals surface area contributed by atoms with E-state index in [9.17, 15) is 4.79 Å². The number of hydrogen-bond acceptors (Lipinski definition) is 2. The van der Waals surface area contributed by atoms with Crippen LogP contribution < -0.4 is 0 Å². The Morgan fingerprint density at radius 2 is 2.55 bits per heavy atom. The van der Waals surface area contributed by atoms with Crippen LogP contribution in [0.5, 0.6) is 0 Å². The fourth-order valence-corrected chi connectivity index (χ4v) is 1.28. The maximum atomic E-state index is 11.0. The molecule has 0 saturated carbocycles. The largest absolute Gasteiger partial charge is 0.453 e. The molecule has 0 N–H and O–H groups in total. The molecule has 0 radical (unpaired) electrons. The van der Waals surface area contributed by atoms with Crippen LogP contribution in [0.4, 0.5) is 4.79 Å². The molecule has 1 fully saturated rings. The fraction of sp³-hybridized carbons (Fsp3) is 0.625. The minimum absolute atomic E-state index is 0.0533. The van der Waals surface area contributed by atoms with Gasteiger partial charge in [0, 0.05) is 6.54 Å². The standard InChI is InChI=1S/C8H11NO2/c1-3-7-5-4-6-9(7)8(10)11-2/h1,7H,4-6H2,2H3/t7-/m0/s1. The van der Waals surface area contributed by atoms with E-state index >= 15 is 0 Å². The highest BCUT2D eigenvalue weighted by Crippen LogP contribution is 2.16. The van der Waals surface area contributed by atoms with Gasteiger partial charge in [0.2, 0.25) is 0 Å². The lowest BCUT2D eigenvalue weighted by atomic mass is 10.2. The molecule has 11 heavy (non-hydrogen) atoms. The zero-order chi connectivity index (χ0) is 8.27. The maximum absolute atomic E-state index is 11.0. The van der Waals surface area contributed by atoms with Crippen LogP contribution in [0.2, 0.25) is 0 Å². The van der Waals surface area contributed by atoms with Gasteiger partial charge in [-0.15, -0.1) is 6.42 Å². The van der Waals surface area contributed by atoms with Crippen molar-refractivity contribution in [3.8, 4) is 12.3 Å². The van der Waals surface area contributed by atoms with E-state index in [2.05, 4.69) is 10.7 Å². The summed E-state index contributed by atoms with van der Waals surface area (Å²) in [5.41, 5.74) is 0. The second kappa shape index (κ2) is 3.29. The van der Waals surface area contributed by atoms with Crippen LogP contribution in [0.3, 0.4) is 0 Å². The number of hydrogen-bond donors (Lipinski definition) is 0. The van der Waals surface area contributed by atoms with Crippen molar-refractivity contribution < 1.29 is 9.53 Å². The van der Waals surface area contributed by atoms with Crippen molar-refractivity contribution in [1.29, 1.82) is 0 Å². The van der Waals surface area contributed by atoms with E-state index in [0.717, 1.165) is 19.4 Å². The van der Waals surface area contributed by atoms with E-state index in [1.165, 1.54) is 7.11 Å². The first kappa shape index (κ1) is 7.93. The minimum atomic E-state index is -0.314. The zero-order valence-electron chi connectivity index (χ0n) is 6.54. The number of carbonyl (C=O) groups is 1. The van der Waals surface area contributed by atoms with E-state index in [-0.39, 0.29) is 12.1 Å². The Balaban J connectivity index is 2.58. The van der Waals surface area contributed by atoms with Gasteiger partial charge in [0.05, 0.1) is 13.2 Å². The van der Waals surface area contributed by atoms with Crippen LogP contribution in [-0.4, -0.2) is 30.7 Å². The van der Waals surface area contributed by atoms with Crippen molar-refractivity contribution in [2.45, 2.75) is 18.9 Å². The molecule has 1 heterocycles. The molecule has 1 aliphatic heterocycles. The Kier molecular flexibility index (Phi) is 2.37. The Labute approximate surface area is 66.3 Å². The van der Waals surface area contributed by atoms with E-state index in [4.69, 9.17) is 6.42 Å². The first-order chi connectivity index (χ1) is 5.29. The lowest BCUT2D eigenvalue weighted by Crippen LogP contribution is -2.34. The molecular formula is C8H11NO2. The maximum Gasteiger partial charge on any atom is 0.410 e. The Morgan fingerprint density at radius 3 is 3.09 bits per heavy atom. The first-order valence-electron chi connectivity index (χ1n) is 3.60. The average molecular weight is 153 g/mol. The molecule has 0 spiro atoms. The number of ether oxygens (including phenoxy) is 1. The van der Waals surface area contributed by atoms with Gasteiger partial charge in [0.1, 0.15) is 0 Å². The van der Waals surface area contributed by atoms with Crippen LogP contribution in [0.25, 0.3) is 0 Å². The zero-order valence-corrected chi connectivity index (χ0v) is 6.54. The summed E-state index contributed by atoms with van der Waals surface area (Å²) >= 11 is 0. The van der Waals surface area contributed by atoms with Crippen molar-refractivity contribution in [2.75, 3.05) is 13.7 Å². The number of nitrogens with zero attached hydrogens (tertiary/aromatic N) is 1. The third-order valence-corrected chi connectivity index (χ3v) is 1.85. The van der Waals surface area contributed by atoms with Gasteiger partial charge in [-0.1, -0.05) is 5.92 Å². The van der Waals surface area contributed by atoms with Gasteiger partial charge in [-0.2, -0.15) is 0 Å². The molecule has 0 aromatic carbocycles. The number of carbonyl (C=O) groups excluding carboxylic acids is 1. The fourth-order valence-electron chi connectivity index (χ4n) is 1.28. The van der Waals surface area contributed by atoms with Gasteiger partial charge in [0.25, 0.3) is 0 Å². The van der Waals surface area contributed by atoms with Gasteiger partial charge < -0.3 is 4.74 Å². The molecule has 0 unspecified atom stereocenters. The second-order valence-corrected chi connectivity index (χ2v) is 2.49. The quantitative estimate of drug-likeness (QED) is 0.483. The third kappa shape index (κ3) is 1.45. The first-order valence-corrected chi connectivity index (χ1v) is 3.60. The summed E-state index contributed by atoms with van der Waals surface area (Å²) in [4.78, 5) is 12.6. The topological polar surface area (TPSA) is 29.5 Å². The normalized spacial score (nSPS) is 22.9. The summed E-state index contributed by atoms with van der Waals surface area (Å²) in [5.74, 6) is 2.55. The molecule has 1 rings (SSSR count). The molecule has 1 amide bonds. The van der Waals surface area contributed by atoms with Crippen molar-refractivity contribution in [3.63, 3.8) is 0 Å². The lowest BCUT2D eigenvalue weighted by Gasteiger charge is -2.18. The molecule has 0 aliphatic carbocycles. The summed E-state index contributed by atoms with van der Waals surface area (Å²) in [5, 5.41) is 0. The van der Waals surface area contributed by atoms with Crippen LogP contribution in [0.15, 0.2) is 0 Å². The molecule has 1 saturated heterocycles. The van der Waals surface area contributed by atoms with Crippen molar-refractivity contribution in [3.05, 3.63) is 0 Å². The Hall–Kier alpha value is -1.17. The highest BCUT2D eigenvalue weighted by Gasteiger charge is 2.27. The number of rotatable bonds is 0. The second-order valence-electron chi connectivity index (χ2n) is 2.49. The summed E-state index contributed by atoms with van der Waals surface area (Å²) in [6, 6.07) is -0.0533. The van der Waals surface area contributed by atoms with Crippen LogP contribution in [-0.2, 0) is 4.74 Å². The predicted molar refractivity (Wildman–Crippen MR) is 41.0 cm³/mol. The number of likely N-dealkylation sites (tertiary alicyclic amines) is 1. The number of methoxy groups -OCH3 is 1. The highest BCUT2D eigenvalue weighted by atomic mass is 16.5. The van der Waals surface area contributed by atoms with Crippen LogP contribution in [0, 0.1) is 12.3 Å². The molecule has 0 bridgehead atoms. The van der Waals surface area contributed by atoms with Crippen molar-refractivity contribution in [1.82, 2.24) is 4.90 Å². The van der Waals surface area contributed by atoms with E-state index < -0.39 is 0 Å². The van der Waals surface area contributed by atoms with E-state index in [0.29, 0.717) is 0 Å². The van der Waals surface area contributed by atoms with Gasteiger partial charge in [-0.25, -0.2) is 4.79 Å². The molecule has 3 heteroatoms. The number of amides is 1. The molecule has 1 atom stereocenters. The molecule has 0 aromatic rings. The minimum Gasteiger partial charge on any atom is -0.453 e. The van der Waals surface area contributed by atoms with Crippen molar-refractivity contribution >= 4 is 6.09 Å². The summed E-state index contributed by atoms with van der Waals surface area (Å²) in [6.45, 7) is 0.724. The number of terminal acetylenes is 1. The third-order valence-electron chi connectivity index (χ3n) is 1.85. The van der Waals surface area contributed by atoms with Crippen LogP contribution >= 0.6 is 0 Å². The molecule has 60 valence electrons. The Bertz CT molecular complexity index is 195. The van der Waals surface area contributed by atoms with Crippen LogP contribution in [0.1, 0.15) is 12.8 Å². The average Bonchev–Trinajstić information content (AvgIpc) is 2.50. The molecule has 1 aliphatic rings. The summed E-state index contributed by atoms with van der Waals surface area (Å²) < 4.78 is 4.56. The molecular weight excluding hydrogens is 142 g/mol. The van der Waals surface area contributed by atoms with E-state index in [1.807, 2.05) is 0 Å².